The first-order valence-corrected chi connectivity index (χ1v) is 12.1. The van der Waals surface area contributed by atoms with E-state index in [0.717, 1.165) is 16.7 Å². The van der Waals surface area contributed by atoms with E-state index >= 15 is 0 Å². The van der Waals surface area contributed by atoms with Crippen molar-refractivity contribution in [2.45, 2.75) is 70.2 Å². The summed E-state index contributed by atoms with van der Waals surface area (Å²) in [5.74, 6) is 6.11. The van der Waals surface area contributed by atoms with Gasteiger partial charge in [-0.3, -0.25) is 0 Å². The van der Waals surface area contributed by atoms with Crippen molar-refractivity contribution >= 4 is 12.2 Å². The number of hydrogen-bond acceptors (Lipinski definition) is 5. The number of carbonyl (C=O) groups excluding carboxylic acids is 2. The summed E-state index contributed by atoms with van der Waals surface area (Å²) in [4.78, 5) is 26.4. The lowest BCUT2D eigenvalue weighted by Crippen LogP contribution is -2.51. The second-order valence-electron chi connectivity index (χ2n) is 10.5. The number of alkyl carbamates (subject to hydrolysis) is 1. The second kappa shape index (κ2) is 10.6. The highest BCUT2D eigenvalue weighted by atomic mass is 16.6. The lowest BCUT2D eigenvalue weighted by Gasteiger charge is -2.45. The number of methoxy groups -OCH3 is 1. The molecule has 1 aliphatic rings. The van der Waals surface area contributed by atoms with Crippen LogP contribution in [0.4, 0.5) is 9.59 Å². The molecule has 2 amide bonds. The van der Waals surface area contributed by atoms with Gasteiger partial charge in [-0.2, -0.15) is 0 Å². The zero-order valence-corrected chi connectivity index (χ0v) is 21.9. The molecule has 7 heteroatoms. The standard InChI is InChI=1S/C29H36N2O5/c1-21(23-14-12-22(13-15-23)16-17-27(2,3)30-25(32)35-6)31-19-18-29(36-26(31)33,20-28(4,5)34)24-10-8-7-9-11-24/h7-15,21,34H,18-20H2,1-6H3,(H,30,32)/t21-,29-/m0/s1. The molecule has 0 aliphatic carbocycles. The zero-order valence-electron chi connectivity index (χ0n) is 21.9. The van der Waals surface area contributed by atoms with Gasteiger partial charge in [-0.25, -0.2) is 9.59 Å². The van der Waals surface area contributed by atoms with E-state index in [1.165, 1.54) is 7.11 Å². The summed E-state index contributed by atoms with van der Waals surface area (Å²) in [5, 5.41) is 13.2. The Morgan fingerprint density at radius 3 is 2.36 bits per heavy atom. The number of amides is 2. The van der Waals surface area contributed by atoms with E-state index in [-0.39, 0.29) is 6.04 Å². The molecule has 1 heterocycles. The average Bonchev–Trinajstić information content (AvgIpc) is 2.82. The Kier molecular flexibility index (Phi) is 8.00. The van der Waals surface area contributed by atoms with Crippen LogP contribution in [-0.2, 0) is 15.1 Å². The molecule has 0 bridgehead atoms. The van der Waals surface area contributed by atoms with E-state index in [0.29, 0.717) is 19.4 Å². The van der Waals surface area contributed by atoms with E-state index in [1.807, 2.05) is 61.5 Å². The first-order chi connectivity index (χ1) is 16.8. The Balaban J connectivity index is 1.74. The summed E-state index contributed by atoms with van der Waals surface area (Å²) < 4.78 is 10.7. The van der Waals surface area contributed by atoms with Gasteiger partial charge in [-0.05, 0) is 57.9 Å². The lowest BCUT2D eigenvalue weighted by molar-refractivity contribution is -0.101. The number of cyclic esters (lactones) is 1. The molecule has 0 radical (unpaired) electrons. The molecule has 3 rings (SSSR count). The van der Waals surface area contributed by atoms with Gasteiger partial charge in [0.15, 0.2) is 0 Å². The highest BCUT2D eigenvalue weighted by Crippen LogP contribution is 2.42. The third-order valence-electron chi connectivity index (χ3n) is 6.27. The molecule has 1 aliphatic heterocycles. The van der Waals surface area contributed by atoms with Gasteiger partial charge >= 0.3 is 12.2 Å². The second-order valence-corrected chi connectivity index (χ2v) is 10.5. The topological polar surface area (TPSA) is 88.1 Å². The summed E-state index contributed by atoms with van der Waals surface area (Å²) >= 11 is 0. The van der Waals surface area contributed by atoms with Crippen molar-refractivity contribution in [1.82, 2.24) is 10.2 Å². The summed E-state index contributed by atoms with van der Waals surface area (Å²) in [7, 11) is 1.31. The molecule has 2 aromatic carbocycles. The average molecular weight is 493 g/mol. The Labute approximate surface area is 213 Å². The molecule has 1 saturated heterocycles. The molecule has 2 N–H and O–H groups in total. The molecular formula is C29H36N2O5. The predicted molar refractivity (Wildman–Crippen MR) is 138 cm³/mol. The zero-order chi connectivity index (χ0) is 26.6. The fraction of sp³-hybridized carbons (Fsp3) is 0.448. The number of benzene rings is 2. The monoisotopic (exact) mass is 492 g/mol. The molecule has 2 atom stereocenters. The van der Waals surface area contributed by atoms with Gasteiger partial charge in [0.25, 0.3) is 0 Å². The number of aliphatic hydroxyl groups is 1. The van der Waals surface area contributed by atoms with Crippen LogP contribution in [0.2, 0.25) is 0 Å². The smallest absolute Gasteiger partial charge is 0.411 e. The van der Waals surface area contributed by atoms with Gasteiger partial charge in [-0.15, -0.1) is 0 Å². The van der Waals surface area contributed by atoms with Crippen LogP contribution in [-0.4, -0.2) is 47.0 Å². The van der Waals surface area contributed by atoms with Gasteiger partial charge in [0, 0.05) is 24.9 Å². The van der Waals surface area contributed by atoms with Crippen LogP contribution in [0.25, 0.3) is 0 Å². The highest BCUT2D eigenvalue weighted by Gasteiger charge is 2.46. The van der Waals surface area contributed by atoms with Crippen LogP contribution in [0.3, 0.4) is 0 Å². The highest BCUT2D eigenvalue weighted by molar-refractivity contribution is 5.70. The van der Waals surface area contributed by atoms with Gasteiger partial charge in [0.1, 0.15) is 5.60 Å². The van der Waals surface area contributed by atoms with Crippen molar-refractivity contribution < 1.29 is 24.2 Å². The summed E-state index contributed by atoms with van der Waals surface area (Å²) in [5.41, 5.74) is 0.0175. The van der Waals surface area contributed by atoms with E-state index in [4.69, 9.17) is 4.74 Å². The fourth-order valence-corrected chi connectivity index (χ4v) is 4.48. The molecule has 2 aromatic rings. The first kappa shape index (κ1) is 27.1. The Morgan fingerprint density at radius 2 is 1.81 bits per heavy atom. The van der Waals surface area contributed by atoms with Crippen molar-refractivity contribution in [1.29, 1.82) is 0 Å². The van der Waals surface area contributed by atoms with Gasteiger partial charge in [0.2, 0.25) is 0 Å². The number of hydrogen-bond donors (Lipinski definition) is 2. The maximum Gasteiger partial charge on any atom is 0.411 e. The molecule has 7 nitrogen and oxygen atoms in total. The van der Waals surface area contributed by atoms with Gasteiger partial charge in [-0.1, -0.05) is 54.3 Å². The number of carbonyl (C=O) groups is 2. The van der Waals surface area contributed by atoms with Crippen LogP contribution < -0.4 is 5.32 Å². The van der Waals surface area contributed by atoms with Gasteiger partial charge in [0.05, 0.1) is 24.3 Å². The minimum atomic E-state index is -0.998. The molecule has 36 heavy (non-hydrogen) atoms. The van der Waals surface area contributed by atoms with E-state index in [1.54, 1.807) is 32.6 Å². The SMILES string of the molecule is COC(=O)NC(C)(C)C#Cc1ccc([C@H](C)N2CC[C@](CC(C)(C)O)(c3ccccc3)OC2=O)cc1. The normalized spacial score (nSPS) is 19.0. The number of ether oxygens (including phenoxy) is 2. The van der Waals surface area contributed by atoms with Crippen molar-refractivity contribution in [2.75, 3.05) is 13.7 Å². The molecule has 0 spiro atoms. The van der Waals surface area contributed by atoms with Crippen LogP contribution in [0.15, 0.2) is 54.6 Å². The molecule has 0 saturated carbocycles. The van der Waals surface area contributed by atoms with Crippen LogP contribution in [0.5, 0.6) is 0 Å². The van der Waals surface area contributed by atoms with Gasteiger partial charge < -0.3 is 24.8 Å². The van der Waals surface area contributed by atoms with Crippen molar-refractivity contribution in [3.05, 3.63) is 71.3 Å². The molecule has 192 valence electrons. The number of rotatable bonds is 6. The maximum atomic E-state index is 13.2. The Bertz CT molecular complexity index is 1130. The third kappa shape index (κ3) is 6.79. The lowest BCUT2D eigenvalue weighted by atomic mass is 9.80. The van der Waals surface area contributed by atoms with E-state index < -0.39 is 28.9 Å². The summed E-state index contributed by atoms with van der Waals surface area (Å²) in [6.07, 6.45) is -0.0535. The largest absolute Gasteiger partial charge is 0.453 e. The number of nitrogens with zero attached hydrogens (tertiary/aromatic N) is 1. The molecule has 1 fully saturated rings. The fourth-order valence-electron chi connectivity index (χ4n) is 4.48. The molecule has 0 unspecified atom stereocenters. The minimum Gasteiger partial charge on any atom is -0.453 e. The Morgan fingerprint density at radius 1 is 1.17 bits per heavy atom. The first-order valence-electron chi connectivity index (χ1n) is 12.1. The molecular weight excluding hydrogens is 456 g/mol. The summed E-state index contributed by atoms with van der Waals surface area (Å²) in [6.45, 7) is 9.53. The predicted octanol–water partition coefficient (Wildman–Crippen LogP) is 5.13. The van der Waals surface area contributed by atoms with E-state index in [2.05, 4.69) is 21.9 Å². The van der Waals surface area contributed by atoms with Crippen molar-refractivity contribution in [2.24, 2.45) is 0 Å². The maximum absolute atomic E-state index is 13.2. The van der Waals surface area contributed by atoms with E-state index in [9.17, 15) is 14.7 Å². The van der Waals surface area contributed by atoms with Crippen LogP contribution in [0.1, 0.15) is 70.2 Å². The van der Waals surface area contributed by atoms with Crippen LogP contribution >= 0.6 is 0 Å². The Hall–Kier alpha value is -3.50. The van der Waals surface area contributed by atoms with Crippen molar-refractivity contribution in [3.8, 4) is 11.8 Å². The van der Waals surface area contributed by atoms with Crippen LogP contribution in [0, 0.1) is 11.8 Å². The third-order valence-corrected chi connectivity index (χ3v) is 6.27. The minimum absolute atomic E-state index is 0.201. The summed E-state index contributed by atoms with van der Waals surface area (Å²) in [6, 6.07) is 17.1. The number of nitrogens with one attached hydrogen (secondary N) is 1. The van der Waals surface area contributed by atoms with Crippen molar-refractivity contribution in [3.63, 3.8) is 0 Å². The molecule has 0 aromatic heterocycles. The quantitative estimate of drug-likeness (QED) is 0.546.